The molecule has 1 aliphatic heterocycles. The minimum absolute atomic E-state index is 0. The first-order valence-electron chi connectivity index (χ1n) is 21.5. The predicted octanol–water partition coefficient (Wildman–Crippen LogP) is 14.8. The van der Waals surface area contributed by atoms with E-state index in [2.05, 4.69) is 249 Å². The molecule has 6 heteroatoms. The Hall–Kier alpha value is -6.42. The van der Waals surface area contributed by atoms with Gasteiger partial charge < -0.3 is 19.3 Å². The van der Waals surface area contributed by atoms with Crippen molar-refractivity contribution in [2.45, 2.75) is 58.9 Å². The van der Waals surface area contributed by atoms with Crippen molar-refractivity contribution in [1.29, 1.82) is 0 Å². The number of para-hydroxylation sites is 3. The molecule has 0 aliphatic carbocycles. The van der Waals surface area contributed by atoms with Crippen molar-refractivity contribution >= 4 is 55.9 Å². The first-order valence-corrected chi connectivity index (χ1v) is 21.5. The maximum absolute atomic E-state index is 5.02. The van der Waals surface area contributed by atoms with E-state index in [0.717, 1.165) is 62.6 Å². The Morgan fingerprint density at radius 1 is 0.571 bits per heavy atom. The van der Waals surface area contributed by atoms with Gasteiger partial charge in [0.15, 0.2) is 0 Å². The van der Waals surface area contributed by atoms with Gasteiger partial charge in [0.25, 0.3) is 0 Å². The summed E-state index contributed by atoms with van der Waals surface area (Å²) >= 11 is 0. The van der Waals surface area contributed by atoms with Gasteiger partial charge in [-0.2, -0.15) is 12.7 Å². The van der Waals surface area contributed by atoms with Gasteiger partial charge in [-0.25, -0.2) is 4.98 Å². The van der Waals surface area contributed by atoms with Crippen LogP contribution in [0.2, 0.25) is 0 Å². The Bertz CT molecular complexity index is 3050. The molecule has 0 amide bonds. The van der Waals surface area contributed by atoms with Crippen molar-refractivity contribution in [3.63, 3.8) is 0 Å². The van der Waals surface area contributed by atoms with Crippen LogP contribution in [-0.2, 0) is 38.4 Å². The fraction of sp³-hybridized carbons (Fsp3) is 0.158. The standard InChI is InChI=1S/C57H50N5.Pt/c1-56(2,3)43-30-31-58-55(35-43)62-51-29-26-42(41-20-12-8-13-21-41)32-50(51)49-28-27-46(37-54(49)62)61(45-22-14-9-15-23-45)48-34-44(57(4,5)6)33-47(36-48)60-39-59(38-40-18-10-7-11-19-40)52-24-16-17-25-53(52)60;/h7-35,39H,38H2,1-6H3;/q-3;. The number of fused-ring (bicyclic) bond motifs is 4. The zero-order valence-electron chi connectivity index (χ0n) is 36.6. The molecular formula is C57H50N5Pt-3. The molecule has 0 unspecified atom stereocenters. The molecule has 0 radical (unpaired) electrons. The summed E-state index contributed by atoms with van der Waals surface area (Å²) in [7, 11) is 0. The Kier molecular flexibility index (Phi) is 11.1. The summed E-state index contributed by atoms with van der Waals surface area (Å²) in [5.74, 6) is 0.872. The van der Waals surface area contributed by atoms with E-state index in [-0.39, 0.29) is 31.9 Å². The number of rotatable bonds is 8. The number of hydrogen-bond donors (Lipinski definition) is 0. The van der Waals surface area contributed by atoms with Crippen LogP contribution < -0.4 is 14.7 Å². The minimum Gasteiger partial charge on any atom is -0.498 e. The van der Waals surface area contributed by atoms with Crippen LogP contribution in [0.3, 0.4) is 0 Å². The molecule has 9 aromatic rings. The number of pyridine rings is 1. The topological polar surface area (TPSA) is 27.5 Å². The molecule has 1 aliphatic rings. The number of benzene rings is 7. The van der Waals surface area contributed by atoms with Crippen molar-refractivity contribution in [2.24, 2.45) is 0 Å². The number of aromatic nitrogens is 2. The van der Waals surface area contributed by atoms with Crippen LogP contribution in [0, 0.1) is 18.8 Å². The molecule has 0 spiro atoms. The van der Waals surface area contributed by atoms with E-state index in [9.17, 15) is 0 Å². The number of hydrogen-bond acceptors (Lipinski definition) is 4. The third kappa shape index (κ3) is 8.07. The molecule has 0 saturated carbocycles. The SMILES string of the molecule is CC(C)(C)c1cc(N2[CH-]N(Cc3ccccc3)c3ccccc32)[c-]c(N(c2[c-]c3c(cc2)c2cc(-c4ccccc4)ccc2n3-c2cc(C(C)(C)C)ccn2)c2ccccc2)c1.[Pt]. The summed E-state index contributed by atoms with van der Waals surface area (Å²) in [4.78, 5) is 12.0. The van der Waals surface area contributed by atoms with Crippen molar-refractivity contribution in [2.75, 3.05) is 14.7 Å². The Labute approximate surface area is 386 Å². The summed E-state index contributed by atoms with van der Waals surface area (Å²) in [5.41, 5.74) is 14.0. The molecule has 3 heterocycles. The van der Waals surface area contributed by atoms with E-state index in [1.165, 1.54) is 33.5 Å². The normalized spacial score (nSPS) is 12.7. The van der Waals surface area contributed by atoms with Gasteiger partial charge in [0.2, 0.25) is 0 Å². The molecule has 7 aromatic carbocycles. The van der Waals surface area contributed by atoms with Gasteiger partial charge in [-0.15, -0.1) is 47.0 Å². The van der Waals surface area contributed by atoms with Crippen molar-refractivity contribution < 1.29 is 21.1 Å². The predicted molar refractivity (Wildman–Crippen MR) is 259 cm³/mol. The van der Waals surface area contributed by atoms with E-state index in [0.29, 0.717) is 0 Å². The van der Waals surface area contributed by atoms with Gasteiger partial charge in [-0.1, -0.05) is 162 Å². The van der Waals surface area contributed by atoms with E-state index in [1.807, 2.05) is 6.20 Å². The minimum atomic E-state index is -0.149. The van der Waals surface area contributed by atoms with Crippen LogP contribution in [0.5, 0.6) is 0 Å². The van der Waals surface area contributed by atoms with Gasteiger partial charge in [-0.05, 0) is 80.9 Å². The maximum Gasteiger partial charge on any atom is 0.135 e. The third-order valence-electron chi connectivity index (χ3n) is 12.0. The molecule has 0 fully saturated rings. The smallest absolute Gasteiger partial charge is 0.135 e. The molecule has 10 rings (SSSR count). The van der Waals surface area contributed by atoms with Gasteiger partial charge >= 0.3 is 0 Å². The van der Waals surface area contributed by atoms with Crippen molar-refractivity contribution in [1.82, 2.24) is 9.55 Å². The summed E-state index contributed by atoms with van der Waals surface area (Å²) in [5, 5.41) is 2.28. The molecule has 316 valence electrons. The monoisotopic (exact) mass is 999 g/mol. The van der Waals surface area contributed by atoms with Crippen molar-refractivity contribution in [3.8, 4) is 16.9 Å². The Morgan fingerprint density at radius 3 is 1.95 bits per heavy atom. The second-order valence-electron chi connectivity index (χ2n) is 18.3. The molecule has 5 nitrogen and oxygen atoms in total. The van der Waals surface area contributed by atoms with E-state index in [1.54, 1.807) is 0 Å². The summed E-state index contributed by atoms with van der Waals surface area (Å²) in [6.45, 7) is 16.6. The van der Waals surface area contributed by atoms with Crippen LogP contribution in [-0.4, -0.2) is 9.55 Å². The molecule has 0 bridgehead atoms. The van der Waals surface area contributed by atoms with E-state index < -0.39 is 0 Å². The average Bonchev–Trinajstić information content (AvgIpc) is 3.82. The summed E-state index contributed by atoms with van der Waals surface area (Å²) < 4.78 is 2.29. The van der Waals surface area contributed by atoms with Gasteiger partial charge in [0.1, 0.15) is 5.82 Å². The van der Waals surface area contributed by atoms with Crippen LogP contribution in [0.15, 0.2) is 176 Å². The number of anilines is 6. The number of nitrogens with zero attached hydrogens (tertiary/aromatic N) is 5. The maximum atomic E-state index is 5.02. The zero-order chi connectivity index (χ0) is 42.6. The van der Waals surface area contributed by atoms with Crippen LogP contribution >= 0.6 is 0 Å². The Balaban J connectivity index is 0.00000504. The second-order valence-corrected chi connectivity index (χ2v) is 18.3. The van der Waals surface area contributed by atoms with E-state index in [4.69, 9.17) is 4.98 Å². The molecule has 0 N–H and O–H groups in total. The average molecular weight is 1000 g/mol. The zero-order valence-corrected chi connectivity index (χ0v) is 38.9. The molecular weight excluding hydrogens is 950 g/mol. The summed E-state index contributed by atoms with van der Waals surface area (Å²) in [6.07, 6.45) is 1.94. The van der Waals surface area contributed by atoms with E-state index >= 15 is 0 Å². The fourth-order valence-electron chi connectivity index (χ4n) is 8.60. The molecule has 0 saturated heterocycles. The second kappa shape index (κ2) is 16.7. The molecule has 0 atom stereocenters. The quantitative estimate of drug-likeness (QED) is 0.142. The molecule has 2 aromatic heterocycles. The van der Waals surface area contributed by atoms with Crippen LogP contribution in [0.25, 0.3) is 38.8 Å². The summed E-state index contributed by atoms with van der Waals surface area (Å²) in [6, 6.07) is 68.7. The van der Waals surface area contributed by atoms with Crippen LogP contribution in [0.4, 0.5) is 34.1 Å². The van der Waals surface area contributed by atoms with Crippen molar-refractivity contribution in [3.05, 3.63) is 212 Å². The van der Waals surface area contributed by atoms with Gasteiger partial charge in [0, 0.05) is 56.4 Å². The molecule has 63 heavy (non-hydrogen) atoms. The fourth-order valence-corrected chi connectivity index (χ4v) is 8.60. The van der Waals surface area contributed by atoms with Crippen LogP contribution in [0.1, 0.15) is 58.2 Å². The first-order chi connectivity index (χ1) is 30.0. The Morgan fingerprint density at radius 2 is 1.24 bits per heavy atom. The van der Waals surface area contributed by atoms with Gasteiger partial charge in [0.05, 0.1) is 0 Å². The van der Waals surface area contributed by atoms with Gasteiger partial charge in [-0.3, -0.25) is 0 Å². The third-order valence-corrected chi connectivity index (χ3v) is 12.0. The first kappa shape index (κ1) is 41.9. The largest absolute Gasteiger partial charge is 0.498 e.